The summed E-state index contributed by atoms with van der Waals surface area (Å²) in [5, 5.41) is 13.5. The second kappa shape index (κ2) is 5.10. The van der Waals surface area contributed by atoms with E-state index in [-0.39, 0.29) is 11.5 Å². The first-order valence-corrected chi connectivity index (χ1v) is 9.10. The van der Waals surface area contributed by atoms with Crippen molar-refractivity contribution in [2.45, 2.75) is 11.3 Å². The minimum absolute atomic E-state index is 0.0990. The summed E-state index contributed by atoms with van der Waals surface area (Å²) in [6, 6.07) is 9.97. The third-order valence-electron chi connectivity index (χ3n) is 4.20. The normalized spacial score (nSPS) is 15.3. The van der Waals surface area contributed by atoms with Gasteiger partial charge in [0.15, 0.2) is 9.84 Å². The molecule has 4 rings (SSSR count). The number of phenolic OH excluding ortho intramolecular Hbond substituents is 1. The molecule has 0 unspecified atom stereocenters. The zero-order chi connectivity index (χ0) is 16.9. The van der Waals surface area contributed by atoms with Crippen molar-refractivity contribution in [3.05, 3.63) is 48.2 Å². The largest absolute Gasteiger partial charge is 0.508 e. The lowest BCUT2D eigenvalue weighted by atomic mass is 10.0. The second-order valence-corrected chi connectivity index (χ2v) is 7.85. The predicted molar refractivity (Wildman–Crippen MR) is 93.3 cm³/mol. The SMILES string of the molecule is Nc1cnc2ccc3c(c2c1Nc1cccc(O)c1)CCS3(=O)=O. The van der Waals surface area contributed by atoms with E-state index in [0.29, 0.717) is 33.9 Å². The van der Waals surface area contributed by atoms with Crippen LogP contribution in [0, 0.1) is 0 Å². The molecule has 4 N–H and O–H groups in total. The maximum atomic E-state index is 12.2. The minimum atomic E-state index is -3.24. The van der Waals surface area contributed by atoms with Crippen molar-refractivity contribution in [2.24, 2.45) is 0 Å². The fourth-order valence-corrected chi connectivity index (χ4v) is 4.65. The monoisotopic (exact) mass is 341 g/mol. The molecule has 24 heavy (non-hydrogen) atoms. The zero-order valence-corrected chi connectivity index (χ0v) is 13.5. The highest BCUT2D eigenvalue weighted by atomic mass is 32.2. The van der Waals surface area contributed by atoms with Gasteiger partial charge in [0.1, 0.15) is 5.75 Å². The van der Waals surface area contributed by atoms with Crippen molar-refractivity contribution in [1.82, 2.24) is 4.98 Å². The molecule has 1 aromatic heterocycles. The molecule has 0 saturated carbocycles. The van der Waals surface area contributed by atoms with Crippen LogP contribution in [0.3, 0.4) is 0 Å². The van der Waals surface area contributed by atoms with Crippen LogP contribution in [0.25, 0.3) is 10.9 Å². The number of sulfone groups is 1. The lowest BCUT2D eigenvalue weighted by Crippen LogP contribution is -2.01. The average molecular weight is 341 g/mol. The number of pyridine rings is 1. The molecule has 0 radical (unpaired) electrons. The van der Waals surface area contributed by atoms with E-state index >= 15 is 0 Å². The van der Waals surface area contributed by atoms with Crippen LogP contribution in [0.2, 0.25) is 0 Å². The average Bonchev–Trinajstić information content (AvgIpc) is 2.85. The van der Waals surface area contributed by atoms with Crippen molar-refractivity contribution in [3.8, 4) is 5.75 Å². The molecule has 0 bridgehead atoms. The molecule has 0 amide bonds. The fourth-order valence-electron chi connectivity index (χ4n) is 3.10. The molecule has 1 aliphatic rings. The number of nitrogens with one attached hydrogen (secondary N) is 1. The summed E-state index contributed by atoms with van der Waals surface area (Å²) in [5.41, 5.74) is 9.22. The first-order chi connectivity index (χ1) is 11.5. The number of rotatable bonds is 2. The Morgan fingerprint density at radius 1 is 1.21 bits per heavy atom. The van der Waals surface area contributed by atoms with Gasteiger partial charge in [0.2, 0.25) is 0 Å². The van der Waals surface area contributed by atoms with E-state index < -0.39 is 9.84 Å². The maximum absolute atomic E-state index is 12.2. The summed E-state index contributed by atoms with van der Waals surface area (Å²) in [5.74, 6) is 0.228. The number of hydrogen-bond acceptors (Lipinski definition) is 6. The summed E-state index contributed by atoms with van der Waals surface area (Å²) in [6.45, 7) is 0. The first-order valence-electron chi connectivity index (χ1n) is 7.44. The molecule has 1 aliphatic heterocycles. The molecule has 2 heterocycles. The molecule has 3 aromatic rings. The van der Waals surface area contributed by atoms with Gasteiger partial charge in [0.05, 0.1) is 33.7 Å². The minimum Gasteiger partial charge on any atom is -0.508 e. The number of nitrogens with zero attached hydrogens (tertiary/aromatic N) is 1. The van der Waals surface area contributed by atoms with Gasteiger partial charge in [-0.3, -0.25) is 4.98 Å². The number of aromatic hydroxyl groups is 1. The third-order valence-corrected chi connectivity index (χ3v) is 5.99. The van der Waals surface area contributed by atoms with Gasteiger partial charge in [-0.2, -0.15) is 0 Å². The molecular formula is C17H15N3O3S. The number of aromatic nitrogens is 1. The number of anilines is 3. The number of aryl methyl sites for hydroxylation is 1. The Bertz CT molecular complexity index is 1080. The summed E-state index contributed by atoms with van der Waals surface area (Å²) in [4.78, 5) is 4.67. The molecule has 2 aromatic carbocycles. The van der Waals surface area contributed by atoms with Crippen LogP contribution in [0.4, 0.5) is 17.1 Å². The number of fused-ring (bicyclic) bond motifs is 3. The summed E-state index contributed by atoms with van der Waals surface area (Å²) < 4.78 is 24.4. The topological polar surface area (TPSA) is 105 Å². The van der Waals surface area contributed by atoms with Crippen LogP contribution >= 0.6 is 0 Å². The van der Waals surface area contributed by atoms with Crippen LogP contribution in [0.1, 0.15) is 5.56 Å². The number of phenols is 1. The Kier molecular flexibility index (Phi) is 3.14. The van der Waals surface area contributed by atoms with E-state index in [1.807, 2.05) is 0 Å². The molecule has 0 spiro atoms. The number of nitrogen functional groups attached to an aromatic ring is 1. The van der Waals surface area contributed by atoms with Gasteiger partial charge >= 0.3 is 0 Å². The Labute approximate surface area is 138 Å². The summed E-state index contributed by atoms with van der Waals surface area (Å²) in [6.07, 6.45) is 1.98. The summed E-state index contributed by atoms with van der Waals surface area (Å²) in [7, 11) is -3.24. The third kappa shape index (κ3) is 2.25. The van der Waals surface area contributed by atoms with Gasteiger partial charge in [-0.15, -0.1) is 0 Å². The van der Waals surface area contributed by atoms with E-state index in [0.717, 1.165) is 10.9 Å². The lowest BCUT2D eigenvalue weighted by molar-refractivity contribution is 0.475. The lowest BCUT2D eigenvalue weighted by Gasteiger charge is -2.15. The molecule has 0 fully saturated rings. The molecular weight excluding hydrogens is 326 g/mol. The van der Waals surface area contributed by atoms with Gasteiger partial charge in [0.25, 0.3) is 0 Å². The molecule has 122 valence electrons. The van der Waals surface area contributed by atoms with Crippen LogP contribution < -0.4 is 11.1 Å². The van der Waals surface area contributed by atoms with Crippen LogP contribution in [0.15, 0.2) is 47.5 Å². The smallest absolute Gasteiger partial charge is 0.179 e. The van der Waals surface area contributed by atoms with Crippen molar-refractivity contribution < 1.29 is 13.5 Å². The van der Waals surface area contributed by atoms with Crippen molar-refractivity contribution in [1.29, 1.82) is 0 Å². The van der Waals surface area contributed by atoms with Crippen LogP contribution in [-0.2, 0) is 16.3 Å². The van der Waals surface area contributed by atoms with Gasteiger partial charge in [0, 0.05) is 17.1 Å². The Morgan fingerprint density at radius 3 is 2.83 bits per heavy atom. The van der Waals surface area contributed by atoms with Gasteiger partial charge < -0.3 is 16.2 Å². The van der Waals surface area contributed by atoms with Gasteiger partial charge in [-0.1, -0.05) is 6.07 Å². The standard InChI is InChI=1S/C17H15N3O3S/c18-13-9-19-14-4-5-15-12(6-7-24(15,22)23)16(14)17(13)20-10-2-1-3-11(21)8-10/h1-5,8-9,21H,6-7,18H2,(H,19,20). The second-order valence-electron chi connectivity index (χ2n) is 5.77. The molecule has 7 heteroatoms. The van der Waals surface area contributed by atoms with Crippen molar-refractivity contribution >= 4 is 37.8 Å². The number of benzene rings is 2. The number of nitrogens with two attached hydrogens (primary N) is 1. The fraction of sp³-hybridized carbons (Fsp3) is 0.118. The highest BCUT2D eigenvalue weighted by Crippen LogP contribution is 2.39. The van der Waals surface area contributed by atoms with Crippen molar-refractivity contribution in [2.75, 3.05) is 16.8 Å². The molecule has 0 aliphatic carbocycles. The van der Waals surface area contributed by atoms with Crippen molar-refractivity contribution in [3.63, 3.8) is 0 Å². The predicted octanol–water partition coefficient (Wildman–Crippen LogP) is 2.60. The zero-order valence-electron chi connectivity index (χ0n) is 12.7. The highest BCUT2D eigenvalue weighted by Gasteiger charge is 2.29. The van der Waals surface area contributed by atoms with Gasteiger partial charge in [-0.25, -0.2) is 8.42 Å². The first kappa shape index (κ1) is 14.8. The molecule has 6 nitrogen and oxygen atoms in total. The van der Waals surface area contributed by atoms with E-state index in [1.54, 1.807) is 42.6 Å². The number of hydrogen-bond donors (Lipinski definition) is 3. The van der Waals surface area contributed by atoms with E-state index in [4.69, 9.17) is 5.73 Å². The van der Waals surface area contributed by atoms with Crippen LogP contribution in [0.5, 0.6) is 5.75 Å². The Morgan fingerprint density at radius 2 is 2.04 bits per heavy atom. The highest BCUT2D eigenvalue weighted by molar-refractivity contribution is 7.91. The molecule has 0 saturated heterocycles. The Balaban J connectivity index is 1.98. The summed E-state index contributed by atoms with van der Waals surface area (Å²) >= 11 is 0. The van der Waals surface area contributed by atoms with E-state index in [2.05, 4.69) is 10.3 Å². The Hall–Kier alpha value is -2.80. The van der Waals surface area contributed by atoms with Gasteiger partial charge in [-0.05, 0) is 36.2 Å². The quantitative estimate of drug-likeness (QED) is 0.662. The van der Waals surface area contributed by atoms with E-state index in [9.17, 15) is 13.5 Å². The van der Waals surface area contributed by atoms with E-state index in [1.165, 1.54) is 0 Å². The molecule has 0 atom stereocenters. The van der Waals surface area contributed by atoms with Crippen LogP contribution in [-0.4, -0.2) is 24.3 Å². The maximum Gasteiger partial charge on any atom is 0.179 e.